The Balaban J connectivity index is 1.44. The number of hydrogen-bond acceptors (Lipinski definition) is 4. The molecule has 7 nitrogen and oxygen atoms in total. The molecule has 2 fully saturated rings. The van der Waals surface area contributed by atoms with Gasteiger partial charge in [0, 0.05) is 33.1 Å². The van der Waals surface area contributed by atoms with Crippen LogP contribution in [-0.4, -0.2) is 54.1 Å². The van der Waals surface area contributed by atoms with Crippen molar-refractivity contribution >= 4 is 27.0 Å². The molecule has 8 heteroatoms. The molecular formula is C21H30N4O3S. The van der Waals surface area contributed by atoms with E-state index >= 15 is 0 Å². The minimum Gasteiger partial charge on any atom is -0.355 e. The molecule has 2 heterocycles. The Bertz CT molecular complexity index is 1010. The van der Waals surface area contributed by atoms with E-state index in [0.717, 1.165) is 42.5 Å². The lowest BCUT2D eigenvalue weighted by atomic mass is 9.67. The molecule has 1 spiro atoms. The zero-order valence-corrected chi connectivity index (χ0v) is 18.0. The molecule has 158 valence electrons. The predicted molar refractivity (Wildman–Crippen MR) is 113 cm³/mol. The van der Waals surface area contributed by atoms with E-state index in [0.29, 0.717) is 26.1 Å². The molecule has 1 saturated heterocycles. The average molecular weight is 419 g/mol. The molecule has 1 aromatic carbocycles. The Kier molecular flexibility index (Phi) is 5.42. The fourth-order valence-corrected chi connectivity index (χ4v) is 6.05. The fourth-order valence-electron chi connectivity index (χ4n) is 5.14. The normalized spacial score (nSPS) is 22.3. The number of aromatic nitrogens is 2. The van der Waals surface area contributed by atoms with E-state index in [9.17, 15) is 13.2 Å². The topological polar surface area (TPSA) is 84.3 Å². The van der Waals surface area contributed by atoms with Gasteiger partial charge in [0.25, 0.3) is 0 Å². The molecule has 1 amide bonds. The van der Waals surface area contributed by atoms with Gasteiger partial charge in [-0.05, 0) is 30.4 Å². The highest BCUT2D eigenvalue weighted by Crippen LogP contribution is 2.48. The Morgan fingerprint density at radius 3 is 2.66 bits per heavy atom. The van der Waals surface area contributed by atoms with Crippen LogP contribution in [0.25, 0.3) is 11.0 Å². The number of imidazole rings is 1. The highest BCUT2D eigenvalue weighted by atomic mass is 32.2. The van der Waals surface area contributed by atoms with Crippen LogP contribution in [0.1, 0.15) is 37.9 Å². The Morgan fingerprint density at radius 2 is 1.97 bits per heavy atom. The molecule has 0 radical (unpaired) electrons. The zero-order valence-electron chi connectivity index (χ0n) is 17.2. The molecule has 2 aromatic rings. The van der Waals surface area contributed by atoms with Crippen LogP contribution in [0.15, 0.2) is 24.3 Å². The van der Waals surface area contributed by atoms with Crippen molar-refractivity contribution in [2.24, 2.45) is 18.4 Å². The SMILES string of the molecule is Cn1c(CCNC(=O)[C@H]2CN(S(C)(=O)=O)CC23CCCCC3)nc2ccccc21. The van der Waals surface area contributed by atoms with E-state index in [4.69, 9.17) is 0 Å². The van der Waals surface area contributed by atoms with Crippen molar-refractivity contribution in [3.05, 3.63) is 30.1 Å². The van der Waals surface area contributed by atoms with Crippen LogP contribution in [-0.2, 0) is 28.3 Å². The van der Waals surface area contributed by atoms with Gasteiger partial charge in [-0.1, -0.05) is 31.4 Å². The second-order valence-electron chi connectivity index (χ2n) is 8.65. The lowest BCUT2D eigenvalue weighted by Gasteiger charge is -2.37. The third-order valence-corrected chi connectivity index (χ3v) is 8.00. The monoisotopic (exact) mass is 418 g/mol. The Morgan fingerprint density at radius 1 is 1.24 bits per heavy atom. The van der Waals surface area contributed by atoms with E-state index in [-0.39, 0.29) is 17.2 Å². The van der Waals surface area contributed by atoms with Gasteiger partial charge in [-0.15, -0.1) is 0 Å². The lowest BCUT2D eigenvalue weighted by Crippen LogP contribution is -2.43. The van der Waals surface area contributed by atoms with Gasteiger partial charge < -0.3 is 9.88 Å². The molecule has 1 aliphatic heterocycles. The summed E-state index contributed by atoms with van der Waals surface area (Å²) in [4.78, 5) is 17.7. The number of hydrogen-bond donors (Lipinski definition) is 1. The van der Waals surface area contributed by atoms with Gasteiger partial charge >= 0.3 is 0 Å². The van der Waals surface area contributed by atoms with Crippen molar-refractivity contribution in [2.45, 2.75) is 38.5 Å². The first-order valence-electron chi connectivity index (χ1n) is 10.4. The molecule has 2 aliphatic rings. The van der Waals surface area contributed by atoms with E-state index in [2.05, 4.69) is 14.9 Å². The second-order valence-corrected chi connectivity index (χ2v) is 10.6. The van der Waals surface area contributed by atoms with Gasteiger partial charge in [0.1, 0.15) is 5.82 Å². The summed E-state index contributed by atoms with van der Waals surface area (Å²) in [5, 5.41) is 3.07. The summed E-state index contributed by atoms with van der Waals surface area (Å²) in [7, 11) is -1.30. The Hall–Kier alpha value is -1.93. The maximum Gasteiger partial charge on any atom is 0.225 e. The molecule has 1 N–H and O–H groups in total. The van der Waals surface area contributed by atoms with Gasteiger partial charge in [-0.2, -0.15) is 0 Å². The fraction of sp³-hybridized carbons (Fsp3) is 0.619. The van der Waals surface area contributed by atoms with Gasteiger partial charge in [-0.25, -0.2) is 17.7 Å². The highest BCUT2D eigenvalue weighted by molar-refractivity contribution is 7.88. The van der Waals surface area contributed by atoms with Crippen molar-refractivity contribution in [2.75, 3.05) is 25.9 Å². The molecule has 1 atom stereocenters. The molecule has 1 aromatic heterocycles. The summed E-state index contributed by atoms with van der Waals surface area (Å²) in [6.45, 7) is 1.28. The van der Waals surface area contributed by atoms with Crippen LogP contribution >= 0.6 is 0 Å². The average Bonchev–Trinajstić information content (AvgIpc) is 3.21. The minimum absolute atomic E-state index is 0.0168. The molecule has 0 unspecified atom stereocenters. The number of nitrogens with one attached hydrogen (secondary N) is 1. The standard InChI is InChI=1S/C21H30N4O3S/c1-24-18-9-5-4-8-17(18)23-19(24)10-13-22-20(26)16-14-25(29(2,27)28)15-21(16)11-6-3-7-12-21/h4-5,8-9,16H,3,6-7,10-15H2,1-2H3,(H,22,26)/t16-/m1/s1. The second kappa shape index (κ2) is 7.72. The number of para-hydroxylation sites is 2. The first kappa shape index (κ1) is 20.3. The number of amides is 1. The van der Waals surface area contributed by atoms with Gasteiger partial charge in [0.05, 0.1) is 23.2 Å². The first-order valence-corrected chi connectivity index (χ1v) is 12.3. The smallest absolute Gasteiger partial charge is 0.225 e. The summed E-state index contributed by atoms with van der Waals surface area (Å²) in [6.07, 6.45) is 7.07. The maximum absolute atomic E-state index is 13.1. The largest absolute Gasteiger partial charge is 0.355 e. The highest BCUT2D eigenvalue weighted by Gasteiger charge is 2.52. The number of carbonyl (C=O) groups excluding carboxylic acids is 1. The van der Waals surface area contributed by atoms with E-state index in [1.165, 1.54) is 17.0 Å². The van der Waals surface area contributed by atoms with Crippen LogP contribution in [0, 0.1) is 11.3 Å². The number of carbonyl (C=O) groups is 1. The van der Waals surface area contributed by atoms with Crippen molar-refractivity contribution in [1.82, 2.24) is 19.2 Å². The number of benzene rings is 1. The lowest BCUT2D eigenvalue weighted by molar-refractivity contribution is -0.128. The van der Waals surface area contributed by atoms with Crippen molar-refractivity contribution in [3.8, 4) is 0 Å². The van der Waals surface area contributed by atoms with Crippen LogP contribution in [0.4, 0.5) is 0 Å². The summed E-state index contributed by atoms with van der Waals surface area (Å²) < 4.78 is 27.8. The number of aryl methyl sites for hydroxylation is 1. The summed E-state index contributed by atoms with van der Waals surface area (Å²) in [5.41, 5.74) is 1.83. The third-order valence-electron chi connectivity index (χ3n) is 6.78. The number of fused-ring (bicyclic) bond motifs is 1. The predicted octanol–water partition coefficient (Wildman–Crippen LogP) is 2.07. The maximum atomic E-state index is 13.1. The molecular weight excluding hydrogens is 388 g/mol. The first-order chi connectivity index (χ1) is 13.8. The van der Waals surface area contributed by atoms with Crippen LogP contribution in [0.5, 0.6) is 0 Å². The zero-order chi connectivity index (χ0) is 20.6. The van der Waals surface area contributed by atoms with E-state index in [1.807, 2.05) is 31.3 Å². The molecule has 0 bridgehead atoms. The van der Waals surface area contributed by atoms with Crippen molar-refractivity contribution in [1.29, 1.82) is 0 Å². The van der Waals surface area contributed by atoms with Gasteiger partial charge in [-0.3, -0.25) is 4.79 Å². The van der Waals surface area contributed by atoms with E-state index in [1.54, 1.807) is 0 Å². The summed E-state index contributed by atoms with van der Waals surface area (Å²) in [6, 6.07) is 7.99. The number of rotatable bonds is 5. The van der Waals surface area contributed by atoms with Gasteiger partial charge in [0.15, 0.2) is 0 Å². The number of sulfonamides is 1. The summed E-state index contributed by atoms with van der Waals surface area (Å²) >= 11 is 0. The Labute approximate surface area is 172 Å². The van der Waals surface area contributed by atoms with Crippen LogP contribution in [0.3, 0.4) is 0 Å². The third kappa shape index (κ3) is 3.92. The van der Waals surface area contributed by atoms with E-state index < -0.39 is 10.0 Å². The molecule has 4 rings (SSSR count). The molecule has 1 aliphatic carbocycles. The van der Waals surface area contributed by atoms with Crippen LogP contribution < -0.4 is 5.32 Å². The molecule has 1 saturated carbocycles. The molecule has 29 heavy (non-hydrogen) atoms. The number of nitrogens with zero attached hydrogens (tertiary/aromatic N) is 3. The van der Waals surface area contributed by atoms with Gasteiger partial charge in [0.2, 0.25) is 15.9 Å². The van der Waals surface area contributed by atoms with Crippen molar-refractivity contribution < 1.29 is 13.2 Å². The van der Waals surface area contributed by atoms with Crippen molar-refractivity contribution in [3.63, 3.8) is 0 Å². The minimum atomic E-state index is -3.29. The summed E-state index contributed by atoms with van der Waals surface area (Å²) in [5.74, 6) is 0.651. The quantitative estimate of drug-likeness (QED) is 0.806. The van der Waals surface area contributed by atoms with Crippen LogP contribution in [0.2, 0.25) is 0 Å².